The molecular weight excluding hydrogens is 339 g/mol. The lowest BCUT2D eigenvalue weighted by molar-refractivity contribution is 0.00578. The summed E-state index contributed by atoms with van der Waals surface area (Å²) < 4.78 is 21.1. The molecule has 0 N–H and O–H groups in total. The number of benzene rings is 1. The van der Waals surface area contributed by atoms with Crippen molar-refractivity contribution in [2.75, 3.05) is 0 Å². The number of fused-ring (bicyclic) bond motifs is 1. The van der Waals surface area contributed by atoms with E-state index in [1.807, 2.05) is 33.8 Å². The molecule has 148 valence electrons. The summed E-state index contributed by atoms with van der Waals surface area (Å²) in [5.41, 5.74) is 1.81. The molecule has 27 heavy (non-hydrogen) atoms. The van der Waals surface area contributed by atoms with E-state index in [4.69, 9.17) is 19.0 Å². The van der Waals surface area contributed by atoms with Crippen molar-refractivity contribution in [2.45, 2.75) is 92.1 Å². The van der Waals surface area contributed by atoms with Gasteiger partial charge >= 0.3 is 7.12 Å². The van der Waals surface area contributed by atoms with Crippen LogP contribution in [0.5, 0.6) is 5.75 Å². The van der Waals surface area contributed by atoms with Crippen molar-refractivity contribution in [1.29, 1.82) is 0 Å². The number of rotatable bonds is 3. The predicted octanol–water partition coefficient (Wildman–Crippen LogP) is 4.40. The maximum atomic E-state index is 6.28. The highest BCUT2D eigenvalue weighted by Gasteiger charge is 2.52. The van der Waals surface area contributed by atoms with E-state index in [2.05, 4.69) is 52.2 Å². The molecule has 0 atom stereocenters. The summed E-state index contributed by atoms with van der Waals surface area (Å²) in [7, 11) is -0.433. The number of hydrogen-bond donors (Lipinski definition) is 0. The number of aryl methyl sites for hydroxylation is 1. The molecule has 0 saturated carbocycles. The van der Waals surface area contributed by atoms with Crippen LogP contribution in [0.1, 0.15) is 74.2 Å². The fraction of sp³-hybridized carbons (Fsp3) is 0.667. The lowest BCUT2D eigenvalue weighted by Gasteiger charge is -2.32. The molecule has 1 aromatic carbocycles. The number of aromatic nitrogens is 2. The average molecular weight is 372 g/mol. The van der Waals surface area contributed by atoms with E-state index in [0.717, 1.165) is 28.1 Å². The number of imidazole rings is 1. The van der Waals surface area contributed by atoms with Gasteiger partial charge in [0.05, 0.1) is 16.7 Å². The van der Waals surface area contributed by atoms with Gasteiger partial charge in [-0.15, -0.1) is 0 Å². The molecular formula is C21H33BN2O3. The van der Waals surface area contributed by atoms with Gasteiger partial charge in [-0.3, -0.25) is 0 Å². The quantitative estimate of drug-likeness (QED) is 0.749. The highest BCUT2D eigenvalue weighted by Crippen LogP contribution is 2.38. The van der Waals surface area contributed by atoms with E-state index in [0.29, 0.717) is 6.04 Å². The Labute approximate surface area is 163 Å². The van der Waals surface area contributed by atoms with Gasteiger partial charge in [0.2, 0.25) is 0 Å². The minimum atomic E-state index is -0.433. The van der Waals surface area contributed by atoms with Crippen molar-refractivity contribution < 1.29 is 14.0 Å². The molecule has 2 aromatic rings. The van der Waals surface area contributed by atoms with E-state index >= 15 is 0 Å². The zero-order valence-corrected chi connectivity index (χ0v) is 18.4. The van der Waals surface area contributed by atoms with Gasteiger partial charge in [-0.05, 0) is 86.8 Å². The summed E-state index contributed by atoms with van der Waals surface area (Å²) in [5.74, 6) is 1.75. The third-order valence-electron chi connectivity index (χ3n) is 5.42. The molecule has 1 aliphatic heterocycles. The van der Waals surface area contributed by atoms with Gasteiger partial charge in [-0.1, -0.05) is 0 Å². The second-order valence-electron chi connectivity index (χ2n) is 9.81. The zero-order valence-electron chi connectivity index (χ0n) is 18.4. The molecule has 1 aromatic heterocycles. The van der Waals surface area contributed by atoms with Crippen molar-refractivity contribution in [3.8, 4) is 5.75 Å². The summed E-state index contributed by atoms with van der Waals surface area (Å²) in [6, 6.07) is 4.45. The monoisotopic (exact) mass is 372 g/mol. The Morgan fingerprint density at radius 3 is 2.11 bits per heavy atom. The maximum absolute atomic E-state index is 6.28. The molecule has 0 bridgehead atoms. The van der Waals surface area contributed by atoms with Crippen LogP contribution in [0, 0.1) is 6.92 Å². The van der Waals surface area contributed by atoms with Gasteiger partial charge in [-0.2, -0.15) is 0 Å². The Bertz CT molecular complexity index is 846. The third-order valence-corrected chi connectivity index (χ3v) is 5.42. The maximum Gasteiger partial charge on any atom is 0.495 e. The van der Waals surface area contributed by atoms with Gasteiger partial charge < -0.3 is 18.6 Å². The normalized spacial score (nSPS) is 19.3. The molecule has 2 heterocycles. The molecule has 0 unspecified atom stereocenters. The van der Waals surface area contributed by atoms with Crippen molar-refractivity contribution in [3.05, 3.63) is 18.0 Å². The van der Waals surface area contributed by atoms with Crippen LogP contribution in [-0.2, 0) is 9.31 Å². The second-order valence-corrected chi connectivity index (χ2v) is 9.81. The first-order valence-electron chi connectivity index (χ1n) is 9.79. The Hall–Kier alpha value is -1.53. The highest BCUT2D eigenvalue weighted by atomic mass is 16.7. The fourth-order valence-corrected chi connectivity index (χ4v) is 3.47. The van der Waals surface area contributed by atoms with Gasteiger partial charge in [0.25, 0.3) is 0 Å². The van der Waals surface area contributed by atoms with E-state index in [1.54, 1.807) is 0 Å². The van der Waals surface area contributed by atoms with Gasteiger partial charge in [-0.25, -0.2) is 4.98 Å². The van der Waals surface area contributed by atoms with E-state index in [9.17, 15) is 0 Å². The summed E-state index contributed by atoms with van der Waals surface area (Å²) in [6.07, 6.45) is 0. The van der Waals surface area contributed by atoms with Crippen LogP contribution in [-0.4, -0.2) is 33.5 Å². The molecule has 1 fully saturated rings. The Morgan fingerprint density at radius 2 is 1.63 bits per heavy atom. The number of ether oxygens (including phenoxy) is 1. The molecule has 3 rings (SSSR count). The smallest absolute Gasteiger partial charge is 0.486 e. The van der Waals surface area contributed by atoms with Crippen LogP contribution in [0.25, 0.3) is 11.0 Å². The number of nitrogens with zero attached hydrogens (tertiary/aromatic N) is 2. The summed E-state index contributed by atoms with van der Waals surface area (Å²) in [6.45, 7) is 20.8. The van der Waals surface area contributed by atoms with E-state index in [-0.39, 0.29) is 16.8 Å². The van der Waals surface area contributed by atoms with Gasteiger partial charge in [0.1, 0.15) is 22.7 Å². The van der Waals surface area contributed by atoms with Crippen molar-refractivity contribution in [2.24, 2.45) is 0 Å². The first kappa shape index (κ1) is 20.2. The topological polar surface area (TPSA) is 45.5 Å². The van der Waals surface area contributed by atoms with Crippen LogP contribution in [0.4, 0.5) is 0 Å². The molecule has 6 heteroatoms. The van der Waals surface area contributed by atoms with Crippen LogP contribution < -0.4 is 10.2 Å². The highest BCUT2D eigenvalue weighted by molar-refractivity contribution is 6.62. The summed E-state index contributed by atoms with van der Waals surface area (Å²) >= 11 is 0. The summed E-state index contributed by atoms with van der Waals surface area (Å²) in [4.78, 5) is 4.80. The van der Waals surface area contributed by atoms with Crippen LogP contribution in [0.2, 0.25) is 0 Å². The molecule has 1 saturated heterocycles. The molecule has 0 radical (unpaired) electrons. The lowest BCUT2D eigenvalue weighted by atomic mass is 9.78. The first-order chi connectivity index (χ1) is 12.2. The Kier molecular flexibility index (Phi) is 4.68. The van der Waals surface area contributed by atoms with Crippen LogP contribution >= 0.6 is 0 Å². The molecule has 1 aliphatic rings. The average Bonchev–Trinajstić information content (AvgIpc) is 2.90. The summed E-state index contributed by atoms with van der Waals surface area (Å²) in [5, 5.41) is 0. The van der Waals surface area contributed by atoms with Crippen LogP contribution in [0.15, 0.2) is 12.1 Å². The predicted molar refractivity (Wildman–Crippen MR) is 111 cm³/mol. The van der Waals surface area contributed by atoms with Crippen molar-refractivity contribution >= 4 is 23.6 Å². The zero-order chi connectivity index (χ0) is 20.4. The van der Waals surface area contributed by atoms with Gasteiger partial charge in [0, 0.05) is 6.04 Å². The molecule has 0 aliphatic carbocycles. The largest absolute Gasteiger partial charge is 0.495 e. The standard InChI is InChI=1S/C21H33BN2O3/c1-13(2)24-14(3)23-18-16(24)11-15(12-17(18)25-19(4,5)6)22-26-20(7,8)21(9,10)27-22/h11-13H,1-10H3. The van der Waals surface area contributed by atoms with E-state index < -0.39 is 7.12 Å². The molecule has 5 nitrogen and oxygen atoms in total. The number of hydrogen-bond acceptors (Lipinski definition) is 4. The minimum Gasteiger partial charge on any atom is -0.486 e. The minimum absolute atomic E-state index is 0.297. The SMILES string of the molecule is Cc1nc2c(OC(C)(C)C)cc(B3OC(C)(C)C(C)(C)O3)cc2n1C(C)C. The fourth-order valence-electron chi connectivity index (χ4n) is 3.47. The van der Waals surface area contributed by atoms with Crippen LogP contribution in [0.3, 0.4) is 0 Å². The molecule has 0 spiro atoms. The molecule has 0 amide bonds. The Morgan fingerprint density at radius 1 is 1.07 bits per heavy atom. The van der Waals surface area contributed by atoms with Crippen molar-refractivity contribution in [3.63, 3.8) is 0 Å². The van der Waals surface area contributed by atoms with E-state index in [1.165, 1.54) is 0 Å². The lowest BCUT2D eigenvalue weighted by Crippen LogP contribution is -2.41. The first-order valence-corrected chi connectivity index (χ1v) is 9.79. The Balaban J connectivity index is 2.18. The van der Waals surface area contributed by atoms with Crippen molar-refractivity contribution in [1.82, 2.24) is 9.55 Å². The second kappa shape index (κ2) is 6.24. The van der Waals surface area contributed by atoms with Gasteiger partial charge in [0.15, 0.2) is 0 Å². The third kappa shape index (κ3) is 3.62.